The molecule has 0 aromatic carbocycles. The topological polar surface area (TPSA) is 152 Å². The molecule has 2 aliphatic rings. The van der Waals surface area contributed by atoms with Crippen LogP contribution in [0, 0.1) is 0 Å². The Morgan fingerprint density at radius 3 is 2.88 bits per heavy atom. The number of carbonyl (C=O) groups excluding carboxylic acids is 3. The van der Waals surface area contributed by atoms with Crippen molar-refractivity contribution in [3.63, 3.8) is 0 Å². The summed E-state index contributed by atoms with van der Waals surface area (Å²) in [6.07, 6.45) is 4.94. The maximum absolute atomic E-state index is 12.0. The van der Waals surface area contributed by atoms with Crippen LogP contribution in [0.15, 0.2) is 4.99 Å². The second-order valence-electron chi connectivity index (χ2n) is 6.63. The molecule has 2 saturated heterocycles. The van der Waals surface area contributed by atoms with Gasteiger partial charge in [-0.25, -0.2) is 4.79 Å². The lowest BCUT2D eigenvalue weighted by Crippen LogP contribution is -2.37. The van der Waals surface area contributed by atoms with Crippen LogP contribution in [0.4, 0.5) is 4.79 Å². The monoisotopic (exact) mass is 384 g/mol. The number of rotatable bonds is 11. The van der Waals surface area contributed by atoms with Crippen molar-refractivity contribution in [1.82, 2.24) is 16.0 Å². The van der Waals surface area contributed by atoms with Crippen LogP contribution in [0.1, 0.15) is 38.5 Å². The molecule has 0 bridgehead atoms. The number of nitrogens with zero attached hydrogens (tertiary/aromatic N) is 1. The van der Waals surface area contributed by atoms with Crippen LogP contribution in [0.2, 0.25) is 0 Å². The number of hydrogen-bond acceptors (Lipinski definition) is 5. The number of carbonyl (C=O) groups is 3. The summed E-state index contributed by atoms with van der Waals surface area (Å²) in [5.41, 5.74) is 10.5. The van der Waals surface area contributed by atoms with Gasteiger partial charge in [0.25, 0.3) is 0 Å². The van der Waals surface area contributed by atoms with Crippen LogP contribution in [0.5, 0.6) is 0 Å². The number of hydrogen-bond donors (Lipinski definition) is 5. The zero-order chi connectivity index (χ0) is 18.9. The minimum atomic E-state index is -0.498. The smallest absolute Gasteiger partial charge is 0.315 e. The Labute approximate surface area is 157 Å². The first-order chi connectivity index (χ1) is 12.5. The molecule has 0 aromatic heterocycles. The summed E-state index contributed by atoms with van der Waals surface area (Å²) in [4.78, 5) is 38.2. The molecular weight excluding hydrogens is 356 g/mol. The summed E-state index contributed by atoms with van der Waals surface area (Å²) < 4.78 is 0. The number of nitrogens with two attached hydrogens (primary N) is 2. The molecule has 146 valence electrons. The van der Waals surface area contributed by atoms with Crippen molar-refractivity contribution in [3.05, 3.63) is 0 Å². The Morgan fingerprint density at radius 2 is 2.15 bits per heavy atom. The first-order valence-corrected chi connectivity index (χ1v) is 10.0. The molecule has 2 rings (SSSR count). The highest BCUT2D eigenvalue weighted by Gasteiger charge is 2.42. The fourth-order valence-corrected chi connectivity index (χ4v) is 4.79. The van der Waals surface area contributed by atoms with Gasteiger partial charge in [-0.1, -0.05) is 6.42 Å². The molecule has 0 aliphatic carbocycles. The van der Waals surface area contributed by atoms with Crippen LogP contribution in [-0.2, 0) is 9.59 Å². The normalized spacial score (nSPS) is 24.9. The lowest BCUT2D eigenvalue weighted by molar-refractivity contribution is -0.124. The average Bonchev–Trinajstić information content (AvgIpc) is 3.13. The molecule has 9 nitrogen and oxygen atoms in total. The summed E-state index contributed by atoms with van der Waals surface area (Å²) in [5.74, 6) is 0.850. The molecule has 2 heterocycles. The van der Waals surface area contributed by atoms with E-state index < -0.39 is 6.04 Å². The van der Waals surface area contributed by atoms with Gasteiger partial charge in [0, 0.05) is 24.0 Å². The summed E-state index contributed by atoms with van der Waals surface area (Å²) in [7, 11) is 0. The van der Waals surface area contributed by atoms with Crippen molar-refractivity contribution >= 4 is 35.9 Å². The van der Waals surface area contributed by atoms with E-state index in [9.17, 15) is 14.4 Å². The zero-order valence-corrected chi connectivity index (χ0v) is 15.6. The van der Waals surface area contributed by atoms with E-state index >= 15 is 0 Å². The summed E-state index contributed by atoms with van der Waals surface area (Å²) in [6, 6.07) is -0.147. The van der Waals surface area contributed by atoms with E-state index in [1.807, 2.05) is 11.8 Å². The number of thioether (sulfide) groups is 1. The maximum Gasteiger partial charge on any atom is 0.315 e. The van der Waals surface area contributed by atoms with Gasteiger partial charge in [0.1, 0.15) is 6.29 Å². The second kappa shape index (κ2) is 10.2. The quantitative estimate of drug-likeness (QED) is 0.106. The van der Waals surface area contributed by atoms with Crippen LogP contribution >= 0.6 is 11.8 Å². The molecule has 0 saturated carbocycles. The Kier molecular flexibility index (Phi) is 8.02. The second-order valence-corrected chi connectivity index (χ2v) is 7.90. The third kappa shape index (κ3) is 6.40. The van der Waals surface area contributed by atoms with E-state index in [-0.39, 0.29) is 30.0 Å². The van der Waals surface area contributed by atoms with E-state index in [0.29, 0.717) is 31.1 Å². The molecule has 0 unspecified atom stereocenters. The van der Waals surface area contributed by atoms with Gasteiger partial charge in [-0.3, -0.25) is 9.79 Å². The van der Waals surface area contributed by atoms with Gasteiger partial charge in [0.2, 0.25) is 5.91 Å². The van der Waals surface area contributed by atoms with Gasteiger partial charge >= 0.3 is 6.03 Å². The number of aliphatic imine (C=N–C) groups is 1. The lowest BCUT2D eigenvalue weighted by atomic mass is 10.0. The van der Waals surface area contributed by atoms with Crippen molar-refractivity contribution in [3.8, 4) is 0 Å². The lowest BCUT2D eigenvalue weighted by Gasteiger charge is -2.16. The van der Waals surface area contributed by atoms with E-state index in [2.05, 4.69) is 20.9 Å². The fraction of sp³-hybridized carbons (Fsp3) is 0.750. The van der Waals surface area contributed by atoms with Gasteiger partial charge in [0.15, 0.2) is 5.96 Å². The largest absolute Gasteiger partial charge is 0.370 e. The predicted molar refractivity (Wildman–Crippen MR) is 102 cm³/mol. The Morgan fingerprint density at radius 1 is 1.35 bits per heavy atom. The zero-order valence-electron chi connectivity index (χ0n) is 14.8. The fourth-order valence-electron chi connectivity index (χ4n) is 3.25. The highest BCUT2D eigenvalue weighted by atomic mass is 32.2. The molecule has 0 spiro atoms. The SMILES string of the molecule is NC(N)=NCCC[C@@H](C=O)NC(=O)CCCC[C@@H]1SC[C@@H]2NC(=O)N[C@@H]21. The molecule has 2 aliphatic heterocycles. The van der Waals surface area contributed by atoms with Crippen molar-refractivity contribution < 1.29 is 14.4 Å². The van der Waals surface area contributed by atoms with E-state index in [4.69, 9.17) is 11.5 Å². The van der Waals surface area contributed by atoms with Crippen LogP contribution in [0.3, 0.4) is 0 Å². The molecule has 10 heteroatoms. The molecule has 2 fully saturated rings. The van der Waals surface area contributed by atoms with E-state index in [0.717, 1.165) is 31.3 Å². The van der Waals surface area contributed by atoms with E-state index in [1.54, 1.807) is 0 Å². The van der Waals surface area contributed by atoms with Crippen molar-refractivity contribution in [1.29, 1.82) is 0 Å². The molecule has 0 aromatic rings. The summed E-state index contributed by atoms with van der Waals surface area (Å²) in [6.45, 7) is 0.440. The molecule has 26 heavy (non-hydrogen) atoms. The van der Waals surface area contributed by atoms with Gasteiger partial charge in [-0.2, -0.15) is 11.8 Å². The third-order valence-electron chi connectivity index (χ3n) is 4.56. The first kappa shape index (κ1) is 20.3. The van der Waals surface area contributed by atoms with Crippen LogP contribution in [-0.4, -0.2) is 59.9 Å². The number of urea groups is 1. The Balaban J connectivity index is 1.57. The van der Waals surface area contributed by atoms with Crippen molar-refractivity contribution in [2.45, 2.75) is 61.9 Å². The highest BCUT2D eigenvalue weighted by Crippen LogP contribution is 2.33. The molecule has 7 N–H and O–H groups in total. The van der Waals surface area contributed by atoms with Crippen LogP contribution < -0.4 is 27.4 Å². The van der Waals surface area contributed by atoms with Crippen molar-refractivity contribution in [2.24, 2.45) is 16.5 Å². The Bertz CT molecular complexity index is 540. The minimum Gasteiger partial charge on any atom is -0.370 e. The highest BCUT2D eigenvalue weighted by molar-refractivity contribution is 8.00. The number of amides is 3. The Hall–Kier alpha value is -1.97. The molecule has 4 atom stereocenters. The standard InChI is InChI=1S/C16H28N6O3S/c17-15(18)19-7-3-4-10(8-23)20-13(24)6-2-1-5-12-14-11(9-26-12)21-16(25)22-14/h8,10-12,14H,1-7,9H2,(H,20,24)(H4,17,18,19)(H2,21,22,25)/t10-,11-,12-,14-/m0/s1. The molecule has 0 radical (unpaired) electrons. The van der Waals surface area contributed by atoms with Gasteiger partial charge < -0.3 is 32.2 Å². The number of aldehydes is 1. The number of fused-ring (bicyclic) bond motifs is 1. The third-order valence-corrected chi connectivity index (χ3v) is 6.07. The van der Waals surface area contributed by atoms with Gasteiger partial charge in [-0.05, 0) is 25.7 Å². The van der Waals surface area contributed by atoms with Crippen LogP contribution in [0.25, 0.3) is 0 Å². The first-order valence-electron chi connectivity index (χ1n) is 8.98. The summed E-state index contributed by atoms with van der Waals surface area (Å²) in [5, 5.41) is 9.03. The van der Waals surface area contributed by atoms with E-state index in [1.165, 1.54) is 0 Å². The number of unbranched alkanes of at least 4 members (excludes halogenated alkanes) is 1. The minimum absolute atomic E-state index is 0.0244. The number of guanidine groups is 1. The molecular formula is C16H28N6O3S. The predicted octanol–water partition coefficient (Wildman–Crippen LogP) is -0.550. The summed E-state index contributed by atoms with van der Waals surface area (Å²) >= 11 is 1.87. The van der Waals surface area contributed by atoms with Crippen molar-refractivity contribution in [2.75, 3.05) is 12.3 Å². The number of nitrogens with one attached hydrogen (secondary N) is 3. The van der Waals surface area contributed by atoms with Gasteiger partial charge in [0.05, 0.1) is 18.1 Å². The maximum atomic E-state index is 12.0. The molecule has 3 amide bonds. The average molecular weight is 385 g/mol. The van der Waals surface area contributed by atoms with Gasteiger partial charge in [-0.15, -0.1) is 0 Å².